The number of hydrogen-bond donors (Lipinski definition) is 2. The van der Waals surface area contributed by atoms with Gasteiger partial charge < -0.3 is 24.8 Å². The van der Waals surface area contributed by atoms with E-state index in [0.29, 0.717) is 5.88 Å². The lowest BCUT2D eigenvalue weighted by Gasteiger charge is -2.34. The highest BCUT2D eigenvalue weighted by Crippen LogP contribution is 2.37. The maximum absolute atomic E-state index is 9.88. The number of nitrogens with zero attached hydrogens (tertiary/aromatic N) is 3. The van der Waals surface area contributed by atoms with Crippen molar-refractivity contribution in [2.75, 3.05) is 31.7 Å². The van der Waals surface area contributed by atoms with Crippen molar-refractivity contribution in [2.24, 2.45) is 0 Å². The van der Waals surface area contributed by atoms with Gasteiger partial charge in [-0.05, 0) is 31.5 Å². The lowest BCUT2D eigenvalue weighted by molar-refractivity contribution is 0.169. The molecular formula is C22H28N4O3. The van der Waals surface area contributed by atoms with Crippen LogP contribution in [0.4, 0.5) is 5.82 Å². The second-order valence-corrected chi connectivity index (χ2v) is 7.96. The van der Waals surface area contributed by atoms with Crippen LogP contribution < -0.4 is 19.7 Å². The zero-order valence-corrected chi connectivity index (χ0v) is 17.2. The lowest BCUT2D eigenvalue weighted by atomic mass is 9.97. The summed E-state index contributed by atoms with van der Waals surface area (Å²) in [7, 11) is 1.60. The average molecular weight is 396 g/mol. The molecule has 1 atom stereocenters. The number of pyridine rings is 2. The van der Waals surface area contributed by atoms with E-state index in [1.54, 1.807) is 13.3 Å². The maximum atomic E-state index is 9.88. The van der Waals surface area contributed by atoms with E-state index in [-0.39, 0.29) is 12.7 Å². The van der Waals surface area contributed by atoms with Crippen molar-refractivity contribution < 1.29 is 14.6 Å². The first kappa shape index (κ1) is 19.5. The molecular weight excluding hydrogens is 368 g/mol. The van der Waals surface area contributed by atoms with Crippen molar-refractivity contribution in [3.05, 3.63) is 47.8 Å². The molecule has 1 saturated heterocycles. The summed E-state index contributed by atoms with van der Waals surface area (Å²) in [5, 5.41) is 13.2. The van der Waals surface area contributed by atoms with Gasteiger partial charge >= 0.3 is 0 Å². The Balaban J connectivity index is 1.46. The molecule has 0 amide bonds. The molecule has 0 radical (unpaired) electrons. The van der Waals surface area contributed by atoms with Crippen molar-refractivity contribution >= 4 is 11.5 Å². The normalized spacial score (nSPS) is 21.7. The van der Waals surface area contributed by atoms with E-state index in [1.165, 1.54) is 0 Å². The average Bonchev–Trinajstić information content (AvgIpc) is 2.98. The molecule has 0 bridgehead atoms. The molecule has 0 unspecified atom stereocenters. The molecule has 1 fully saturated rings. The summed E-state index contributed by atoms with van der Waals surface area (Å²) in [4.78, 5) is 11.5. The van der Waals surface area contributed by atoms with Crippen molar-refractivity contribution in [3.8, 4) is 11.6 Å². The number of rotatable bonds is 5. The van der Waals surface area contributed by atoms with Crippen molar-refractivity contribution in [3.63, 3.8) is 0 Å². The zero-order chi connectivity index (χ0) is 20.6. The van der Waals surface area contributed by atoms with Crippen LogP contribution in [0, 0.1) is 6.92 Å². The molecule has 2 aliphatic heterocycles. The Bertz CT molecular complexity index is 907. The minimum absolute atomic E-state index is 0.0274. The third kappa shape index (κ3) is 3.62. The Hall–Kier alpha value is -2.80. The fraction of sp³-hybridized carbons (Fsp3) is 0.455. The number of fused-ring (bicyclic) bond motifs is 1. The van der Waals surface area contributed by atoms with E-state index in [9.17, 15) is 5.11 Å². The van der Waals surface area contributed by atoms with Gasteiger partial charge in [-0.25, -0.2) is 9.97 Å². The number of methoxy groups -OCH3 is 1. The van der Waals surface area contributed by atoms with Gasteiger partial charge in [0.15, 0.2) is 0 Å². The molecule has 2 aromatic heterocycles. The van der Waals surface area contributed by atoms with Gasteiger partial charge in [0.2, 0.25) is 5.88 Å². The van der Waals surface area contributed by atoms with Gasteiger partial charge in [0.1, 0.15) is 23.2 Å². The van der Waals surface area contributed by atoms with Crippen LogP contribution in [0.2, 0.25) is 0 Å². The molecule has 4 rings (SSSR count). The van der Waals surface area contributed by atoms with Crippen molar-refractivity contribution in [2.45, 2.75) is 38.3 Å². The molecule has 29 heavy (non-hydrogen) atoms. The number of piperidine rings is 1. The summed E-state index contributed by atoms with van der Waals surface area (Å²) < 4.78 is 11.2. The largest absolute Gasteiger partial charge is 0.489 e. The highest BCUT2D eigenvalue weighted by atomic mass is 16.5. The quantitative estimate of drug-likeness (QED) is 0.804. The van der Waals surface area contributed by atoms with Gasteiger partial charge in [0.25, 0.3) is 0 Å². The molecule has 2 aliphatic rings. The number of aliphatic hydroxyl groups is 1. The van der Waals surface area contributed by atoms with Crippen LogP contribution in [0.5, 0.6) is 11.6 Å². The number of anilines is 1. The predicted octanol–water partition coefficient (Wildman–Crippen LogP) is 2.62. The molecule has 0 aromatic carbocycles. The highest BCUT2D eigenvalue weighted by molar-refractivity contribution is 5.73. The number of aliphatic hydroxyl groups excluding tert-OH is 1. The second kappa shape index (κ2) is 7.55. The SMILES string of the molecule is C=C1N[C@@](C)(CO)c2nc(N3CCC(Oc4ccc(OC)nc4)CC3)c(C)cc21. The number of aryl methyl sites for hydroxylation is 1. The first-order valence-corrected chi connectivity index (χ1v) is 9.95. The van der Waals surface area contributed by atoms with Crippen molar-refractivity contribution in [1.82, 2.24) is 15.3 Å². The van der Waals surface area contributed by atoms with Gasteiger partial charge in [0.05, 0.1) is 25.6 Å². The molecule has 2 aromatic rings. The van der Waals surface area contributed by atoms with Crippen LogP contribution in [-0.2, 0) is 5.54 Å². The van der Waals surface area contributed by atoms with Crippen LogP contribution in [0.3, 0.4) is 0 Å². The fourth-order valence-corrected chi connectivity index (χ4v) is 4.08. The van der Waals surface area contributed by atoms with Gasteiger partial charge in [-0.2, -0.15) is 0 Å². The van der Waals surface area contributed by atoms with E-state index < -0.39 is 5.54 Å². The van der Waals surface area contributed by atoms with Gasteiger partial charge in [-0.15, -0.1) is 0 Å². The van der Waals surface area contributed by atoms with Crippen molar-refractivity contribution in [1.29, 1.82) is 0 Å². The van der Waals surface area contributed by atoms with Crippen LogP contribution >= 0.6 is 0 Å². The topological polar surface area (TPSA) is 79.7 Å². The fourth-order valence-electron chi connectivity index (χ4n) is 4.08. The summed E-state index contributed by atoms with van der Waals surface area (Å²) in [6.45, 7) is 9.82. The summed E-state index contributed by atoms with van der Waals surface area (Å²) in [5.41, 5.74) is 3.21. The van der Waals surface area contributed by atoms with E-state index in [0.717, 1.165) is 60.0 Å². The molecule has 0 aliphatic carbocycles. The van der Waals surface area contributed by atoms with Crippen LogP contribution in [0.25, 0.3) is 5.70 Å². The van der Waals surface area contributed by atoms with Crippen LogP contribution in [-0.4, -0.2) is 48.0 Å². The van der Waals surface area contributed by atoms with E-state index >= 15 is 0 Å². The Morgan fingerprint density at radius 3 is 2.72 bits per heavy atom. The molecule has 0 saturated carbocycles. The zero-order valence-electron chi connectivity index (χ0n) is 17.2. The molecule has 154 valence electrons. The number of nitrogens with one attached hydrogen (secondary N) is 1. The molecule has 7 heteroatoms. The minimum Gasteiger partial charge on any atom is -0.489 e. The van der Waals surface area contributed by atoms with Gasteiger partial charge in [0, 0.05) is 43.3 Å². The van der Waals surface area contributed by atoms with E-state index in [1.807, 2.05) is 19.1 Å². The smallest absolute Gasteiger partial charge is 0.213 e. The first-order chi connectivity index (χ1) is 13.9. The minimum atomic E-state index is -0.586. The third-order valence-corrected chi connectivity index (χ3v) is 5.74. The predicted molar refractivity (Wildman–Crippen MR) is 112 cm³/mol. The molecule has 4 heterocycles. The molecule has 7 nitrogen and oxygen atoms in total. The van der Waals surface area contributed by atoms with Gasteiger partial charge in [-0.3, -0.25) is 0 Å². The van der Waals surface area contributed by atoms with Crippen LogP contribution in [0.15, 0.2) is 31.0 Å². The van der Waals surface area contributed by atoms with E-state index in [4.69, 9.17) is 14.5 Å². The number of aromatic nitrogens is 2. The Morgan fingerprint density at radius 2 is 2.10 bits per heavy atom. The molecule has 2 N–H and O–H groups in total. The number of ether oxygens (including phenoxy) is 2. The second-order valence-electron chi connectivity index (χ2n) is 7.96. The Labute approximate surface area is 171 Å². The summed E-state index contributed by atoms with van der Waals surface area (Å²) in [5.74, 6) is 2.32. The highest BCUT2D eigenvalue weighted by Gasteiger charge is 2.38. The van der Waals surface area contributed by atoms with Gasteiger partial charge in [-0.1, -0.05) is 6.58 Å². The summed E-state index contributed by atoms with van der Waals surface area (Å²) in [6.07, 6.45) is 3.67. The molecule has 0 spiro atoms. The summed E-state index contributed by atoms with van der Waals surface area (Å²) >= 11 is 0. The lowest BCUT2D eigenvalue weighted by Crippen LogP contribution is -2.40. The Kier molecular flexibility index (Phi) is 5.08. The summed E-state index contributed by atoms with van der Waals surface area (Å²) in [6, 6.07) is 5.82. The first-order valence-electron chi connectivity index (χ1n) is 9.95. The maximum Gasteiger partial charge on any atom is 0.213 e. The third-order valence-electron chi connectivity index (χ3n) is 5.74. The monoisotopic (exact) mass is 396 g/mol. The van der Waals surface area contributed by atoms with E-state index in [2.05, 4.69) is 34.8 Å². The Morgan fingerprint density at radius 1 is 1.34 bits per heavy atom. The van der Waals surface area contributed by atoms with Crippen LogP contribution in [0.1, 0.15) is 36.6 Å². The standard InChI is InChI=1S/C22H28N4O3/c1-14-11-18-15(2)25-22(3,13-27)20(18)24-21(14)26-9-7-16(8-10-26)29-17-5-6-19(28-4)23-12-17/h5-6,11-12,16,25,27H,2,7-10,13H2,1,3-4H3/t22-/m0/s1. The number of hydrogen-bond acceptors (Lipinski definition) is 7.